The zero-order chi connectivity index (χ0) is 12.3. The van der Waals surface area contributed by atoms with Crippen LogP contribution in [0.5, 0.6) is 5.75 Å². The summed E-state index contributed by atoms with van der Waals surface area (Å²) in [6, 6.07) is 8.06. The second kappa shape index (κ2) is 8.88. The molecule has 0 aromatic heterocycles. The topological polar surface area (TPSA) is 41.5 Å². The van der Waals surface area contributed by atoms with Crippen LogP contribution in [-0.4, -0.2) is 24.9 Å². The Labute approximate surface area is 104 Å². The molecule has 0 aliphatic carbocycles. The summed E-state index contributed by atoms with van der Waals surface area (Å²) in [5.74, 6) is 0.923. The Morgan fingerprint density at radius 2 is 2.12 bits per heavy atom. The molecule has 3 heteroatoms. The van der Waals surface area contributed by atoms with Crippen LogP contribution in [0.15, 0.2) is 24.3 Å². The zero-order valence-electron chi connectivity index (χ0n) is 10.6. The fourth-order valence-corrected chi connectivity index (χ4v) is 1.56. The summed E-state index contributed by atoms with van der Waals surface area (Å²) in [5.41, 5.74) is 1.10. The molecule has 0 saturated carbocycles. The van der Waals surface area contributed by atoms with E-state index in [-0.39, 0.29) is 0 Å². The number of anilines is 1. The van der Waals surface area contributed by atoms with Gasteiger partial charge in [0.2, 0.25) is 0 Å². The summed E-state index contributed by atoms with van der Waals surface area (Å²) >= 11 is 0. The smallest absolute Gasteiger partial charge is 0.121 e. The minimum absolute atomic E-state index is 0.292. The van der Waals surface area contributed by atoms with Gasteiger partial charge in [-0.2, -0.15) is 0 Å². The standard InChI is InChI=1S/C14H23NO2/c1-2-11-17-14-8-6-7-13(12-14)15-9-4-3-5-10-16/h6-8,12,15-16H,2-5,9-11H2,1H3. The van der Waals surface area contributed by atoms with Gasteiger partial charge in [-0.3, -0.25) is 0 Å². The average molecular weight is 237 g/mol. The number of rotatable bonds is 9. The Morgan fingerprint density at radius 3 is 2.88 bits per heavy atom. The maximum absolute atomic E-state index is 8.66. The van der Waals surface area contributed by atoms with E-state index in [9.17, 15) is 0 Å². The fourth-order valence-electron chi connectivity index (χ4n) is 1.56. The third kappa shape index (κ3) is 6.17. The minimum Gasteiger partial charge on any atom is -0.494 e. The molecule has 0 atom stereocenters. The number of nitrogens with one attached hydrogen (secondary N) is 1. The lowest BCUT2D eigenvalue weighted by molar-refractivity contribution is 0.283. The lowest BCUT2D eigenvalue weighted by Gasteiger charge is -2.09. The number of ether oxygens (including phenoxy) is 1. The maximum Gasteiger partial charge on any atom is 0.121 e. The van der Waals surface area contributed by atoms with Gasteiger partial charge < -0.3 is 15.2 Å². The number of hydrogen-bond acceptors (Lipinski definition) is 3. The molecule has 17 heavy (non-hydrogen) atoms. The molecule has 0 spiro atoms. The molecule has 1 aromatic rings. The van der Waals surface area contributed by atoms with Crippen molar-refractivity contribution in [2.75, 3.05) is 25.1 Å². The van der Waals surface area contributed by atoms with Crippen LogP contribution < -0.4 is 10.1 Å². The van der Waals surface area contributed by atoms with Gasteiger partial charge in [-0.1, -0.05) is 13.0 Å². The van der Waals surface area contributed by atoms with Gasteiger partial charge in [0.15, 0.2) is 0 Å². The lowest BCUT2D eigenvalue weighted by atomic mass is 10.2. The van der Waals surface area contributed by atoms with E-state index in [2.05, 4.69) is 12.2 Å². The van der Waals surface area contributed by atoms with Gasteiger partial charge in [0.05, 0.1) is 6.61 Å². The highest BCUT2D eigenvalue weighted by atomic mass is 16.5. The van der Waals surface area contributed by atoms with Crippen LogP contribution in [0, 0.1) is 0 Å². The molecule has 0 amide bonds. The molecule has 0 unspecified atom stereocenters. The molecule has 0 fully saturated rings. The van der Waals surface area contributed by atoms with E-state index in [0.717, 1.165) is 50.3 Å². The van der Waals surface area contributed by atoms with Gasteiger partial charge in [-0.15, -0.1) is 0 Å². The summed E-state index contributed by atoms with van der Waals surface area (Å²) in [6.07, 6.45) is 4.07. The Balaban J connectivity index is 2.27. The molecule has 0 aliphatic heterocycles. The Kier molecular flexibility index (Phi) is 7.23. The van der Waals surface area contributed by atoms with Crippen molar-refractivity contribution in [2.45, 2.75) is 32.6 Å². The van der Waals surface area contributed by atoms with Crippen LogP contribution in [0.1, 0.15) is 32.6 Å². The molecular formula is C14H23NO2. The van der Waals surface area contributed by atoms with Gasteiger partial charge in [-0.05, 0) is 37.8 Å². The van der Waals surface area contributed by atoms with Crippen LogP contribution in [0.2, 0.25) is 0 Å². The van der Waals surface area contributed by atoms with Crippen LogP contribution in [0.3, 0.4) is 0 Å². The highest BCUT2D eigenvalue weighted by molar-refractivity contribution is 5.48. The van der Waals surface area contributed by atoms with Gasteiger partial charge in [-0.25, -0.2) is 0 Å². The van der Waals surface area contributed by atoms with Crippen molar-refractivity contribution in [1.82, 2.24) is 0 Å². The van der Waals surface area contributed by atoms with Gasteiger partial charge in [0, 0.05) is 24.9 Å². The van der Waals surface area contributed by atoms with Crippen LogP contribution in [0.4, 0.5) is 5.69 Å². The zero-order valence-corrected chi connectivity index (χ0v) is 10.6. The first-order chi connectivity index (χ1) is 8.36. The quantitative estimate of drug-likeness (QED) is 0.649. The van der Waals surface area contributed by atoms with Crippen molar-refractivity contribution in [3.63, 3.8) is 0 Å². The van der Waals surface area contributed by atoms with E-state index in [1.807, 2.05) is 24.3 Å². The molecule has 0 radical (unpaired) electrons. The molecule has 2 N–H and O–H groups in total. The largest absolute Gasteiger partial charge is 0.494 e. The van der Waals surface area contributed by atoms with Crippen molar-refractivity contribution in [3.05, 3.63) is 24.3 Å². The minimum atomic E-state index is 0.292. The highest BCUT2D eigenvalue weighted by Crippen LogP contribution is 2.17. The van der Waals surface area contributed by atoms with Gasteiger partial charge in [0.25, 0.3) is 0 Å². The number of hydrogen-bond donors (Lipinski definition) is 2. The first-order valence-corrected chi connectivity index (χ1v) is 6.44. The SMILES string of the molecule is CCCOc1cccc(NCCCCCO)c1. The molecule has 3 nitrogen and oxygen atoms in total. The number of aliphatic hydroxyl groups is 1. The normalized spacial score (nSPS) is 10.2. The predicted molar refractivity (Wildman–Crippen MR) is 71.7 cm³/mol. The summed E-state index contributed by atoms with van der Waals surface area (Å²) < 4.78 is 5.57. The third-order valence-electron chi connectivity index (χ3n) is 2.47. The van der Waals surface area contributed by atoms with E-state index in [4.69, 9.17) is 9.84 Å². The molecule has 0 saturated heterocycles. The predicted octanol–water partition coefficient (Wildman–Crippen LogP) is 3.05. The van der Waals surface area contributed by atoms with Crippen molar-refractivity contribution < 1.29 is 9.84 Å². The monoisotopic (exact) mass is 237 g/mol. The van der Waals surface area contributed by atoms with E-state index in [1.165, 1.54) is 0 Å². The second-order valence-corrected chi connectivity index (χ2v) is 4.09. The lowest BCUT2D eigenvalue weighted by Crippen LogP contribution is -2.02. The Bertz CT molecular complexity index is 302. The van der Waals surface area contributed by atoms with E-state index in [1.54, 1.807) is 0 Å². The van der Waals surface area contributed by atoms with Gasteiger partial charge >= 0.3 is 0 Å². The second-order valence-electron chi connectivity index (χ2n) is 4.09. The van der Waals surface area contributed by atoms with E-state index >= 15 is 0 Å². The number of aliphatic hydroxyl groups excluding tert-OH is 1. The van der Waals surface area contributed by atoms with Gasteiger partial charge in [0.1, 0.15) is 5.75 Å². The van der Waals surface area contributed by atoms with Crippen molar-refractivity contribution >= 4 is 5.69 Å². The summed E-state index contributed by atoms with van der Waals surface area (Å²) in [7, 11) is 0. The fraction of sp³-hybridized carbons (Fsp3) is 0.571. The molecule has 0 heterocycles. The van der Waals surface area contributed by atoms with Crippen LogP contribution in [0.25, 0.3) is 0 Å². The summed E-state index contributed by atoms with van der Waals surface area (Å²) in [4.78, 5) is 0. The number of benzene rings is 1. The van der Waals surface area contributed by atoms with Crippen molar-refractivity contribution in [3.8, 4) is 5.75 Å². The van der Waals surface area contributed by atoms with Crippen LogP contribution in [-0.2, 0) is 0 Å². The summed E-state index contributed by atoms with van der Waals surface area (Å²) in [5, 5.41) is 12.0. The first-order valence-electron chi connectivity index (χ1n) is 6.44. The molecule has 0 aliphatic rings. The average Bonchev–Trinajstić information content (AvgIpc) is 2.37. The highest BCUT2D eigenvalue weighted by Gasteiger charge is 1.96. The Morgan fingerprint density at radius 1 is 1.24 bits per heavy atom. The molecular weight excluding hydrogens is 214 g/mol. The van der Waals surface area contributed by atoms with E-state index in [0.29, 0.717) is 6.61 Å². The van der Waals surface area contributed by atoms with Crippen molar-refractivity contribution in [2.24, 2.45) is 0 Å². The summed E-state index contributed by atoms with van der Waals surface area (Å²) in [6.45, 7) is 4.10. The molecule has 96 valence electrons. The van der Waals surface area contributed by atoms with Crippen LogP contribution >= 0.6 is 0 Å². The maximum atomic E-state index is 8.66. The molecule has 0 bridgehead atoms. The molecule has 1 rings (SSSR count). The molecule has 1 aromatic carbocycles. The number of unbranched alkanes of at least 4 members (excludes halogenated alkanes) is 2. The van der Waals surface area contributed by atoms with Crippen molar-refractivity contribution in [1.29, 1.82) is 0 Å². The first kappa shape index (κ1) is 13.8. The van der Waals surface area contributed by atoms with E-state index < -0.39 is 0 Å². The Hall–Kier alpha value is -1.22. The third-order valence-corrected chi connectivity index (χ3v) is 2.47.